The molecule has 0 fully saturated rings. The Morgan fingerprint density at radius 1 is 1.16 bits per heavy atom. The predicted octanol–water partition coefficient (Wildman–Crippen LogP) is 4.39. The Hall–Kier alpha value is -1.89. The second-order valence-electron chi connectivity index (χ2n) is 6.83. The van der Waals surface area contributed by atoms with Crippen LogP contribution < -0.4 is 5.43 Å². The summed E-state index contributed by atoms with van der Waals surface area (Å²) in [5.41, 5.74) is 4.69. The van der Waals surface area contributed by atoms with Gasteiger partial charge in [-0.3, -0.25) is 14.9 Å². The van der Waals surface area contributed by atoms with Crippen molar-refractivity contribution in [2.45, 2.75) is 46.3 Å². The predicted molar refractivity (Wildman–Crippen MR) is 104 cm³/mol. The highest BCUT2D eigenvalue weighted by Gasteiger charge is 2.08. The van der Waals surface area contributed by atoms with Gasteiger partial charge in [-0.2, -0.15) is 5.10 Å². The minimum absolute atomic E-state index is 0.0728. The second kappa shape index (κ2) is 10.9. The number of non-ortho nitro benzene ring substituents is 1. The van der Waals surface area contributed by atoms with E-state index in [4.69, 9.17) is 0 Å². The van der Waals surface area contributed by atoms with Crippen molar-refractivity contribution in [3.05, 3.63) is 39.9 Å². The lowest BCUT2D eigenvalue weighted by Gasteiger charge is -2.11. The molecule has 0 atom stereocenters. The molecule has 0 radical (unpaired) electrons. The minimum Gasteiger partial charge on any atom is -0.272 e. The Kier molecular flexibility index (Phi) is 9.20. The van der Waals surface area contributed by atoms with E-state index in [0.29, 0.717) is 23.3 Å². The molecule has 25 heavy (non-hydrogen) atoms. The molecule has 0 unspecified atom stereocenters. The molecule has 1 N–H and O–H groups in total. The summed E-state index contributed by atoms with van der Waals surface area (Å²) < 4.78 is 0. The zero-order chi connectivity index (χ0) is 18.8. The molecule has 0 aliphatic carbocycles. The molecule has 0 saturated carbocycles. The summed E-state index contributed by atoms with van der Waals surface area (Å²) in [6.07, 6.45) is 1.77. The van der Waals surface area contributed by atoms with Crippen LogP contribution in [0.25, 0.3) is 0 Å². The van der Waals surface area contributed by atoms with Gasteiger partial charge in [0.2, 0.25) is 5.91 Å². The molecule has 0 spiro atoms. The molecule has 138 valence electrons. The zero-order valence-corrected chi connectivity index (χ0v) is 16.1. The van der Waals surface area contributed by atoms with E-state index in [0.717, 1.165) is 24.1 Å². The molecule has 0 aliphatic heterocycles. The molecule has 7 heteroatoms. The van der Waals surface area contributed by atoms with Gasteiger partial charge in [-0.25, -0.2) is 5.43 Å². The normalized spacial score (nSPS) is 10.8. The fourth-order valence-corrected chi connectivity index (χ4v) is 3.05. The fraction of sp³-hybridized carbons (Fsp3) is 0.556. The highest BCUT2D eigenvalue weighted by Crippen LogP contribution is 2.16. The van der Waals surface area contributed by atoms with Crippen molar-refractivity contribution in [2.75, 3.05) is 5.75 Å². The first kappa shape index (κ1) is 21.2. The van der Waals surface area contributed by atoms with Gasteiger partial charge in [0, 0.05) is 23.6 Å². The Labute approximate surface area is 153 Å². The second-order valence-corrected chi connectivity index (χ2v) is 7.81. The van der Waals surface area contributed by atoms with Crippen LogP contribution in [0.1, 0.15) is 46.1 Å². The van der Waals surface area contributed by atoms with Crippen LogP contribution >= 0.6 is 11.8 Å². The van der Waals surface area contributed by atoms with E-state index in [1.54, 1.807) is 12.1 Å². The lowest BCUT2D eigenvalue weighted by molar-refractivity contribution is -0.384. The van der Waals surface area contributed by atoms with E-state index in [-0.39, 0.29) is 11.6 Å². The van der Waals surface area contributed by atoms with E-state index in [1.807, 2.05) is 0 Å². The number of amides is 1. The van der Waals surface area contributed by atoms with Crippen molar-refractivity contribution in [2.24, 2.45) is 16.9 Å². The van der Waals surface area contributed by atoms with Crippen LogP contribution in [-0.2, 0) is 10.5 Å². The van der Waals surface area contributed by atoms with Gasteiger partial charge in [0.25, 0.3) is 5.69 Å². The quantitative estimate of drug-likeness (QED) is 0.378. The van der Waals surface area contributed by atoms with Gasteiger partial charge >= 0.3 is 0 Å². The Morgan fingerprint density at radius 3 is 2.20 bits per heavy atom. The number of nitrogens with zero attached hydrogens (tertiary/aromatic N) is 2. The van der Waals surface area contributed by atoms with Crippen LogP contribution in [0.2, 0.25) is 0 Å². The first-order valence-electron chi connectivity index (χ1n) is 8.43. The number of hydrogen-bond acceptors (Lipinski definition) is 5. The van der Waals surface area contributed by atoms with E-state index in [2.05, 4.69) is 38.2 Å². The van der Waals surface area contributed by atoms with E-state index in [1.165, 1.54) is 23.9 Å². The standard InChI is InChI=1S/C18H27N3O3S/c1-13(2)9-16(10-14(3)4)19-20-18(22)12-25-11-15-5-7-17(8-6-15)21(23)24/h5-8,13-14H,9-12H2,1-4H3,(H,20,22). The number of nitro groups is 1. The van der Waals surface area contributed by atoms with Crippen LogP contribution in [0.3, 0.4) is 0 Å². The van der Waals surface area contributed by atoms with Crippen LogP contribution in [0, 0.1) is 22.0 Å². The first-order chi connectivity index (χ1) is 11.8. The SMILES string of the molecule is CC(C)CC(CC(C)C)=NNC(=O)CSCc1ccc([N+](=O)[O-])cc1. The molecular weight excluding hydrogens is 338 g/mol. The van der Waals surface area contributed by atoms with Crippen molar-refractivity contribution < 1.29 is 9.72 Å². The smallest absolute Gasteiger partial charge is 0.269 e. The third kappa shape index (κ3) is 9.24. The Morgan fingerprint density at radius 2 is 1.72 bits per heavy atom. The molecule has 0 heterocycles. The summed E-state index contributed by atoms with van der Waals surface area (Å²) >= 11 is 1.46. The summed E-state index contributed by atoms with van der Waals surface area (Å²) in [4.78, 5) is 22.1. The molecular formula is C18H27N3O3S. The molecule has 1 aromatic rings. The number of hydrazone groups is 1. The highest BCUT2D eigenvalue weighted by atomic mass is 32.2. The van der Waals surface area contributed by atoms with Crippen molar-refractivity contribution in [1.29, 1.82) is 0 Å². The van der Waals surface area contributed by atoms with Gasteiger partial charge in [-0.15, -0.1) is 11.8 Å². The summed E-state index contributed by atoms with van der Waals surface area (Å²) in [7, 11) is 0. The molecule has 1 aromatic carbocycles. The summed E-state index contributed by atoms with van der Waals surface area (Å²) in [6, 6.07) is 6.38. The maximum Gasteiger partial charge on any atom is 0.269 e. The summed E-state index contributed by atoms with van der Waals surface area (Å²) in [6.45, 7) is 8.55. The van der Waals surface area contributed by atoms with E-state index >= 15 is 0 Å². The third-order valence-electron chi connectivity index (χ3n) is 3.28. The maximum atomic E-state index is 11.9. The van der Waals surface area contributed by atoms with Gasteiger partial charge in [0.15, 0.2) is 0 Å². The summed E-state index contributed by atoms with van der Waals surface area (Å²) in [5.74, 6) is 1.81. The Bertz CT molecular complexity index is 586. The lowest BCUT2D eigenvalue weighted by Crippen LogP contribution is -2.22. The monoisotopic (exact) mass is 365 g/mol. The van der Waals surface area contributed by atoms with Gasteiger partial charge < -0.3 is 0 Å². The van der Waals surface area contributed by atoms with Gasteiger partial charge in [0.05, 0.1) is 10.7 Å². The molecule has 1 rings (SSSR count). The third-order valence-corrected chi connectivity index (χ3v) is 4.28. The van der Waals surface area contributed by atoms with Crippen LogP contribution in [0.5, 0.6) is 0 Å². The number of carbonyl (C=O) groups is 1. The summed E-state index contributed by atoms with van der Waals surface area (Å²) in [5, 5.41) is 14.9. The number of benzene rings is 1. The number of rotatable bonds is 10. The van der Waals surface area contributed by atoms with Gasteiger partial charge in [-0.05, 0) is 30.2 Å². The molecule has 1 amide bonds. The topological polar surface area (TPSA) is 84.6 Å². The number of nitro benzene ring substituents is 1. The average Bonchev–Trinajstić information content (AvgIpc) is 2.52. The fourth-order valence-electron chi connectivity index (χ4n) is 2.27. The molecule has 0 saturated heterocycles. The van der Waals surface area contributed by atoms with Crippen molar-refractivity contribution in [1.82, 2.24) is 5.43 Å². The lowest BCUT2D eigenvalue weighted by atomic mass is 9.99. The number of carbonyl (C=O) groups excluding carboxylic acids is 1. The van der Waals surface area contributed by atoms with Crippen LogP contribution in [-0.4, -0.2) is 22.3 Å². The Balaban J connectivity index is 2.42. The van der Waals surface area contributed by atoms with Crippen molar-refractivity contribution in [3.8, 4) is 0 Å². The molecule has 0 bridgehead atoms. The van der Waals surface area contributed by atoms with Crippen LogP contribution in [0.4, 0.5) is 5.69 Å². The molecule has 0 aromatic heterocycles. The van der Waals surface area contributed by atoms with Gasteiger partial charge in [-0.1, -0.05) is 39.8 Å². The first-order valence-corrected chi connectivity index (χ1v) is 9.58. The maximum absolute atomic E-state index is 11.9. The minimum atomic E-state index is -0.422. The van der Waals surface area contributed by atoms with E-state index in [9.17, 15) is 14.9 Å². The van der Waals surface area contributed by atoms with Gasteiger partial charge in [0.1, 0.15) is 0 Å². The zero-order valence-electron chi connectivity index (χ0n) is 15.3. The number of nitrogens with one attached hydrogen (secondary N) is 1. The number of thioether (sulfide) groups is 1. The van der Waals surface area contributed by atoms with Crippen molar-refractivity contribution in [3.63, 3.8) is 0 Å². The largest absolute Gasteiger partial charge is 0.272 e. The van der Waals surface area contributed by atoms with Crippen LogP contribution in [0.15, 0.2) is 29.4 Å². The molecule has 0 aliphatic rings. The average molecular weight is 365 g/mol. The highest BCUT2D eigenvalue weighted by molar-refractivity contribution is 7.99. The van der Waals surface area contributed by atoms with E-state index < -0.39 is 4.92 Å². The number of hydrogen-bond donors (Lipinski definition) is 1. The van der Waals surface area contributed by atoms with Crippen molar-refractivity contribution >= 4 is 29.1 Å². The molecule has 6 nitrogen and oxygen atoms in total.